The van der Waals surface area contributed by atoms with Crippen molar-refractivity contribution in [1.29, 1.82) is 0 Å². The molecule has 3 aromatic heterocycles. The molecule has 3 heterocycles. The van der Waals surface area contributed by atoms with Crippen LogP contribution in [0.3, 0.4) is 0 Å². The van der Waals surface area contributed by atoms with E-state index in [1.807, 2.05) is 19.9 Å². The van der Waals surface area contributed by atoms with E-state index in [1.165, 1.54) is 0 Å². The minimum atomic E-state index is -0.163. The van der Waals surface area contributed by atoms with Gasteiger partial charge in [0, 0.05) is 19.4 Å². The third-order valence-corrected chi connectivity index (χ3v) is 3.75. The Bertz CT molecular complexity index is 872. The van der Waals surface area contributed by atoms with Crippen molar-refractivity contribution in [3.63, 3.8) is 0 Å². The van der Waals surface area contributed by atoms with Crippen molar-refractivity contribution in [3.05, 3.63) is 29.1 Å². The summed E-state index contributed by atoms with van der Waals surface area (Å²) in [6.07, 6.45) is 0.569. The third kappa shape index (κ3) is 3.59. The lowest BCUT2D eigenvalue weighted by molar-refractivity contribution is -0.116. The van der Waals surface area contributed by atoms with Gasteiger partial charge in [-0.15, -0.1) is 10.2 Å². The van der Waals surface area contributed by atoms with Gasteiger partial charge in [-0.2, -0.15) is 5.10 Å². The minimum absolute atomic E-state index is 0.163. The Morgan fingerprint density at radius 3 is 2.76 bits per heavy atom. The lowest BCUT2D eigenvalue weighted by atomic mass is 10.2. The highest BCUT2D eigenvalue weighted by molar-refractivity contribution is 5.91. The zero-order chi connectivity index (χ0) is 18.0. The summed E-state index contributed by atoms with van der Waals surface area (Å²) in [7, 11) is 0. The summed E-state index contributed by atoms with van der Waals surface area (Å²) >= 11 is 0. The summed E-state index contributed by atoms with van der Waals surface area (Å²) in [6, 6.07) is 1.89. The van der Waals surface area contributed by atoms with Gasteiger partial charge < -0.3 is 14.3 Å². The van der Waals surface area contributed by atoms with Crippen molar-refractivity contribution in [3.8, 4) is 11.6 Å². The predicted octanol–water partition coefficient (Wildman–Crippen LogP) is 2.44. The molecule has 0 aliphatic carbocycles. The molecule has 0 saturated carbocycles. The van der Waals surface area contributed by atoms with Gasteiger partial charge in [0.1, 0.15) is 17.1 Å². The Hall–Kier alpha value is -2.97. The first kappa shape index (κ1) is 16.9. The molecular formula is C16H20N6O3. The largest absolute Gasteiger partial charge is 0.419 e. The fourth-order valence-corrected chi connectivity index (χ4v) is 2.50. The van der Waals surface area contributed by atoms with Crippen LogP contribution in [0, 0.1) is 20.8 Å². The van der Waals surface area contributed by atoms with E-state index in [0.717, 1.165) is 11.4 Å². The maximum atomic E-state index is 12.1. The summed E-state index contributed by atoms with van der Waals surface area (Å²) in [6.45, 7) is 8.13. The standard InChI is InChI=1S/C16H20N6O3/c1-5-22-12(8-9(2)20-22)16-19-18-14(24-16)7-6-13(23)17-15-10(3)21-25-11(15)4/h8H,5-7H2,1-4H3,(H,17,23). The van der Waals surface area contributed by atoms with Crippen molar-refractivity contribution < 1.29 is 13.7 Å². The number of carbonyl (C=O) groups is 1. The lowest BCUT2D eigenvalue weighted by Crippen LogP contribution is -2.13. The number of rotatable bonds is 6. The summed E-state index contributed by atoms with van der Waals surface area (Å²) in [5.41, 5.74) is 2.92. The first-order chi connectivity index (χ1) is 12.0. The van der Waals surface area contributed by atoms with Crippen LogP contribution in [0.1, 0.15) is 36.4 Å². The van der Waals surface area contributed by atoms with E-state index in [-0.39, 0.29) is 12.3 Å². The van der Waals surface area contributed by atoms with E-state index in [4.69, 9.17) is 8.94 Å². The van der Waals surface area contributed by atoms with Gasteiger partial charge in [0.25, 0.3) is 5.89 Å². The Labute approximate surface area is 144 Å². The van der Waals surface area contributed by atoms with Gasteiger partial charge in [-0.1, -0.05) is 5.16 Å². The van der Waals surface area contributed by atoms with Gasteiger partial charge in [0.15, 0.2) is 5.76 Å². The second kappa shape index (κ2) is 6.88. The Morgan fingerprint density at radius 2 is 2.08 bits per heavy atom. The molecule has 0 atom stereocenters. The van der Waals surface area contributed by atoms with Crippen LogP contribution in [-0.4, -0.2) is 31.0 Å². The van der Waals surface area contributed by atoms with Crippen LogP contribution in [-0.2, 0) is 17.8 Å². The zero-order valence-corrected chi connectivity index (χ0v) is 14.7. The van der Waals surface area contributed by atoms with Crippen LogP contribution in [0.4, 0.5) is 5.69 Å². The molecule has 0 saturated heterocycles. The van der Waals surface area contributed by atoms with E-state index < -0.39 is 0 Å². The SMILES string of the molecule is CCn1nc(C)cc1-c1nnc(CCC(=O)Nc2c(C)noc2C)o1. The molecule has 0 unspecified atom stereocenters. The van der Waals surface area contributed by atoms with Crippen molar-refractivity contribution >= 4 is 11.6 Å². The minimum Gasteiger partial charge on any atom is -0.419 e. The van der Waals surface area contributed by atoms with Crippen LogP contribution in [0.5, 0.6) is 0 Å². The molecule has 1 N–H and O–H groups in total. The number of nitrogens with zero attached hydrogens (tertiary/aromatic N) is 5. The van der Waals surface area contributed by atoms with Crippen LogP contribution in [0.25, 0.3) is 11.6 Å². The highest BCUT2D eigenvalue weighted by Gasteiger charge is 2.16. The summed E-state index contributed by atoms with van der Waals surface area (Å²) in [4.78, 5) is 12.1. The molecule has 0 aliphatic heterocycles. The normalized spacial score (nSPS) is 11.0. The van der Waals surface area contributed by atoms with Gasteiger partial charge in [-0.3, -0.25) is 9.48 Å². The summed E-state index contributed by atoms with van der Waals surface area (Å²) in [5, 5.41) is 19.0. The summed E-state index contributed by atoms with van der Waals surface area (Å²) in [5.74, 6) is 1.23. The fourth-order valence-electron chi connectivity index (χ4n) is 2.50. The molecule has 0 aliphatic rings. The molecular weight excluding hydrogens is 324 g/mol. The van der Waals surface area contributed by atoms with Crippen molar-refractivity contribution in [2.75, 3.05) is 5.32 Å². The number of carbonyl (C=O) groups excluding carboxylic acids is 1. The highest BCUT2D eigenvalue weighted by atomic mass is 16.5. The zero-order valence-electron chi connectivity index (χ0n) is 14.7. The van der Waals surface area contributed by atoms with Crippen molar-refractivity contribution in [2.45, 2.75) is 47.1 Å². The number of aryl methyl sites for hydroxylation is 5. The molecule has 1 amide bonds. The van der Waals surface area contributed by atoms with E-state index in [9.17, 15) is 4.79 Å². The second-order valence-electron chi connectivity index (χ2n) is 5.74. The Balaban J connectivity index is 1.63. The quantitative estimate of drug-likeness (QED) is 0.731. The molecule has 0 radical (unpaired) electrons. The van der Waals surface area contributed by atoms with Gasteiger partial charge in [-0.05, 0) is 33.8 Å². The highest BCUT2D eigenvalue weighted by Crippen LogP contribution is 2.21. The van der Waals surface area contributed by atoms with Gasteiger partial charge in [-0.25, -0.2) is 0 Å². The predicted molar refractivity (Wildman–Crippen MR) is 88.9 cm³/mol. The molecule has 0 aromatic carbocycles. The van der Waals surface area contributed by atoms with Gasteiger partial charge in [0.05, 0.1) is 5.69 Å². The average molecular weight is 344 g/mol. The average Bonchev–Trinajstić information content (AvgIpc) is 3.27. The molecule has 25 heavy (non-hydrogen) atoms. The van der Waals surface area contributed by atoms with Crippen LogP contribution < -0.4 is 5.32 Å². The monoisotopic (exact) mass is 344 g/mol. The number of amides is 1. The van der Waals surface area contributed by atoms with E-state index >= 15 is 0 Å². The van der Waals surface area contributed by atoms with Gasteiger partial charge >= 0.3 is 0 Å². The maximum Gasteiger partial charge on any atom is 0.265 e. The first-order valence-electron chi connectivity index (χ1n) is 8.07. The van der Waals surface area contributed by atoms with Crippen molar-refractivity contribution in [1.82, 2.24) is 25.1 Å². The van der Waals surface area contributed by atoms with E-state index in [2.05, 4.69) is 25.8 Å². The molecule has 9 heteroatoms. The molecule has 132 valence electrons. The number of aromatic nitrogens is 5. The number of nitrogens with one attached hydrogen (secondary N) is 1. The number of hydrogen-bond donors (Lipinski definition) is 1. The molecule has 0 fully saturated rings. The molecule has 3 rings (SSSR count). The smallest absolute Gasteiger partial charge is 0.265 e. The van der Waals surface area contributed by atoms with E-state index in [0.29, 0.717) is 41.9 Å². The summed E-state index contributed by atoms with van der Waals surface area (Å²) < 4.78 is 12.5. The van der Waals surface area contributed by atoms with Crippen LogP contribution in [0.15, 0.2) is 15.0 Å². The number of anilines is 1. The number of hydrogen-bond acceptors (Lipinski definition) is 7. The van der Waals surface area contributed by atoms with Crippen molar-refractivity contribution in [2.24, 2.45) is 0 Å². The van der Waals surface area contributed by atoms with Crippen LogP contribution >= 0.6 is 0 Å². The fraction of sp³-hybridized carbons (Fsp3) is 0.438. The Morgan fingerprint density at radius 1 is 1.28 bits per heavy atom. The third-order valence-electron chi connectivity index (χ3n) is 3.75. The maximum absolute atomic E-state index is 12.1. The van der Waals surface area contributed by atoms with Crippen LogP contribution in [0.2, 0.25) is 0 Å². The molecule has 3 aromatic rings. The lowest BCUT2D eigenvalue weighted by Gasteiger charge is -2.02. The Kier molecular flexibility index (Phi) is 4.64. The topological polar surface area (TPSA) is 112 Å². The van der Waals surface area contributed by atoms with Gasteiger partial charge in [0.2, 0.25) is 11.8 Å². The second-order valence-corrected chi connectivity index (χ2v) is 5.74. The first-order valence-corrected chi connectivity index (χ1v) is 8.07. The molecule has 0 spiro atoms. The van der Waals surface area contributed by atoms with E-state index in [1.54, 1.807) is 18.5 Å². The molecule has 9 nitrogen and oxygen atoms in total. The molecule has 0 bridgehead atoms.